The van der Waals surface area contributed by atoms with Gasteiger partial charge in [0.15, 0.2) is 0 Å². The van der Waals surface area contributed by atoms with Crippen molar-refractivity contribution in [1.82, 2.24) is 0 Å². The predicted molar refractivity (Wildman–Crippen MR) is 50.2 cm³/mol. The highest BCUT2D eigenvalue weighted by atomic mass is 32.3. The lowest BCUT2D eigenvalue weighted by Crippen LogP contribution is -2.27. The van der Waals surface area contributed by atoms with E-state index in [0.717, 1.165) is 6.92 Å². The van der Waals surface area contributed by atoms with Crippen LogP contribution in [-0.2, 0) is 29.9 Å². The number of hydrogen-bond acceptors (Lipinski definition) is 6. The Labute approximate surface area is 109 Å². The number of halogens is 6. The van der Waals surface area contributed by atoms with Crippen LogP contribution in [0, 0.1) is 6.43 Å². The van der Waals surface area contributed by atoms with Crippen LogP contribution in [0.1, 0.15) is 6.92 Å². The highest BCUT2D eigenvalue weighted by molar-refractivity contribution is 8.10. The summed E-state index contributed by atoms with van der Waals surface area (Å²) in [5.41, 5.74) is 0. The van der Waals surface area contributed by atoms with Crippen molar-refractivity contribution >= 4 is 20.4 Å². The summed E-state index contributed by atoms with van der Waals surface area (Å²) < 4.78 is 119. The van der Waals surface area contributed by atoms with E-state index in [9.17, 15) is 42.2 Å². The minimum absolute atomic E-state index is 0.826. The Morgan fingerprint density at radius 2 is 1.45 bits per heavy atom. The van der Waals surface area contributed by atoms with E-state index in [1.54, 1.807) is 0 Å². The Morgan fingerprint density at radius 3 is 1.70 bits per heavy atom. The van der Waals surface area contributed by atoms with Crippen LogP contribution in [0.25, 0.3) is 0 Å². The maximum atomic E-state index is 12.6. The number of alkyl halides is 2. The molecule has 0 aromatic heterocycles. The second-order valence-corrected chi connectivity index (χ2v) is 5.59. The molecular weight excluding hydrogens is 346 g/mol. The Balaban J connectivity index is 6.15. The van der Waals surface area contributed by atoms with Gasteiger partial charge in [-0.3, -0.25) is 0 Å². The first-order chi connectivity index (χ1) is 8.73. The van der Waals surface area contributed by atoms with Crippen molar-refractivity contribution in [1.29, 1.82) is 0 Å². The molecule has 0 amide bonds. The minimum atomic E-state index is -6.46. The van der Waals surface area contributed by atoms with Crippen LogP contribution < -0.4 is 0 Å². The van der Waals surface area contributed by atoms with Crippen LogP contribution in [0.4, 0.5) is 25.3 Å². The lowest BCUT2D eigenvalue weighted by Gasteiger charge is -2.18. The molecule has 0 aliphatic rings. The summed E-state index contributed by atoms with van der Waals surface area (Å²) in [6.45, 7) is 0.109. The van der Waals surface area contributed by atoms with Crippen molar-refractivity contribution in [2.75, 3.05) is 6.61 Å². The Kier molecular flexibility index (Phi) is 5.71. The fourth-order valence-corrected chi connectivity index (χ4v) is 2.28. The van der Waals surface area contributed by atoms with Crippen LogP contribution in [0.2, 0.25) is 0 Å². The van der Waals surface area contributed by atoms with Crippen LogP contribution in [0.5, 0.6) is 0 Å². The summed E-state index contributed by atoms with van der Waals surface area (Å²) >= 11 is 0. The maximum Gasteiger partial charge on any atom is 0.473 e. The SMILES string of the molecule is CCOC(OC(F)(F)[C](F)F)=C(S(=O)(=O)F)S(=O)(=O)F. The van der Waals surface area contributed by atoms with Crippen molar-refractivity contribution in [3.05, 3.63) is 16.6 Å². The third-order valence-electron chi connectivity index (χ3n) is 1.33. The van der Waals surface area contributed by atoms with Crippen LogP contribution in [0.15, 0.2) is 10.2 Å². The lowest BCUT2D eigenvalue weighted by atomic mass is 10.6. The molecule has 1 radical (unpaired) electrons. The average molecular weight is 351 g/mol. The van der Waals surface area contributed by atoms with Gasteiger partial charge in [0.2, 0.25) is 0 Å². The van der Waals surface area contributed by atoms with Gasteiger partial charge in [-0.15, -0.1) is 0 Å². The normalized spacial score (nSPS) is 13.2. The van der Waals surface area contributed by atoms with Crippen molar-refractivity contribution in [2.45, 2.75) is 13.0 Å². The van der Waals surface area contributed by atoms with Crippen LogP contribution in [-0.4, -0.2) is 29.6 Å². The van der Waals surface area contributed by atoms with Crippen molar-refractivity contribution in [3.63, 3.8) is 0 Å². The van der Waals surface area contributed by atoms with Gasteiger partial charge in [0, 0.05) is 0 Å². The fourth-order valence-electron chi connectivity index (χ4n) is 0.734. The molecule has 0 N–H and O–H groups in total. The first-order valence-electron chi connectivity index (χ1n) is 4.25. The van der Waals surface area contributed by atoms with E-state index in [1.807, 2.05) is 0 Å². The molecule has 0 bridgehead atoms. The summed E-state index contributed by atoms with van der Waals surface area (Å²) in [7, 11) is -12.9. The van der Waals surface area contributed by atoms with E-state index < -0.39 is 49.8 Å². The summed E-state index contributed by atoms with van der Waals surface area (Å²) in [5.74, 6) is -2.46. The second-order valence-electron chi connectivity index (χ2n) is 2.76. The van der Waals surface area contributed by atoms with Crippen molar-refractivity contribution < 1.29 is 51.6 Å². The Bertz CT molecular complexity index is 545. The molecule has 0 heterocycles. The summed E-state index contributed by atoms with van der Waals surface area (Å²) in [4.78, 5) is 0. The topological polar surface area (TPSA) is 86.7 Å². The highest BCUT2D eigenvalue weighted by Gasteiger charge is 2.50. The lowest BCUT2D eigenvalue weighted by molar-refractivity contribution is -0.259. The molecule has 0 atom stereocenters. The highest BCUT2D eigenvalue weighted by Crippen LogP contribution is 2.35. The zero-order valence-corrected chi connectivity index (χ0v) is 10.9. The van der Waals surface area contributed by atoms with Gasteiger partial charge in [0.25, 0.3) is 0 Å². The molecule has 0 aliphatic carbocycles. The molecule has 0 saturated heterocycles. The van der Waals surface area contributed by atoms with Gasteiger partial charge < -0.3 is 9.47 Å². The molecule has 119 valence electrons. The van der Waals surface area contributed by atoms with Crippen molar-refractivity contribution in [3.8, 4) is 0 Å². The van der Waals surface area contributed by atoms with E-state index in [4.69, 9.17) is 0 Å². The molecule has 0 rings (SSSR count). The van der Waals surface area contributed by atoms with Gasteiger partial charge in [-0.25, -0.2) is 0 Å². The molecule has 20 heavy (non-hydrogen) atoms. The van der Waals surface area contributed by atoms with E-state index in [-0.39, 0.29) is 0 Å². The fraction of sp³-hybridized carbons (Fsp3) is 0.500. The molecule has 0 spiro atoms. The van der Waals surface area contributed by atoms with Gasteiger partial charge in [-0.05, 0) is 6.92 Å². The van der Waals surface area contributed by atoms with Crippen LogP contribution in [0.3, 0.4) is 0 Å². The number of rotatable bonds is 7. The van der Waals surface area contributed by atoms with Gasteiger partial charge in [0.05, 0.1) is 6.61 Å². The number of ether oxygens (including phenoxy) is 2. The van der Waals surface area contributed by atoms with Gasteiger partial charge in [0.1, 0.15) is 0 Å². The zero-order chi connectivity index (χ0) is 16.4. The van der Waals surface area contributed by atoms with E-state index in [2.05, 4.69) is 9.47 Å². The average Bonchev–Trinajstić information content (AvgIpc) is 2.11. The molecule has 0 saturated carbocycles. The third-order valence-corrected chi connectivity index (χ3v) is 3.74. The van der Waals surface area contributed by atoms with Gasteiger partial charge in [-0.1, -0.05) is 7.77 Å². The number of hydrogen-bond donors (Lipinski definition) is 0. The summed E-state index contributed by atoms with van der Waals surface area (Å²) in [6.07, 6.45) is -9.26. The first kappa shape index (κ1) is 18.8. The van der Waals surface area contributed by atoms with E-state index in [1.165, 1.54) is 0 Å². The first-order valence-corrected chi connectivity index (χ1v) is 7.01. The van der Waals surface area contributed by atoms with E-state index >= 15 is 0 Å². The summed E-state index contributed by atoms with van der Waals surface area (Å²) in [6, 6.07) is 0. The molecule has 0 fully saturated rings. The monoisotopic (exact) mass is 351 g/mol. The molecule has 14 heteroatoms. The zero-order valence-electron chi connectivity index (χ0n) is 9.24. The quantitative estimate of drug-likeness (QED) is 0.395. The van der Waals surface area contributed by atoms with Gasteiger partial charge >= 0.3 is 43.2 Å². The molecule has 0 aromatic rings. The second kappa shape index (κ2) is 6.07. The smallest absolute Gasteiger partial charge is 0.464 e. The predicted octanol–water partition coefficient (Wildman–Crippen LogP) is 1.79. The Morgan fingerprint density at radius 1 is 1.05 bits per heavy atom. The third kappa shape index (κ3) is 5.07. The van der Waals surface area contributed by atoms with E-state index in [0.29, 0.717) is 0 Å². The largest absolute Gasteiger partial charge is 0.473 e. The standard InChI is InChI=1S/C6H5F6O6S2/c1-2-17-3(18-6(9,10)5(7)8)4(19(11,13)14)20(12,15)16/h2H2,1H3. The van der Waals surface area contributed by atoms with Gasteiger partial charge in [-0.2, -0.15) is 34.4 Å². The summed E-state index contributed by atoms with van der Waals surface area (Å²) in [5, 5.41) is 0. The molecular formula is C6H5F6O6S2. The molecule has 0 aromatic carbocycles. The molecule has 6 nitrogen and oxygen atoms in total. The maximum absolute atomic E-state index is 12.6. The minimum Gasteiger partial charge on any atom is -0.464 e. The van der Waals surface area contributed by atoms with Crippen LogP contribution >= 0.6 is 0 Å². The van der Waals surface area contributed by atoms with Crippen molar-refractivity contribution in [2.24, 2.45) is 0 Å². The molecule has 0 unspecified atom stereocenters. The Hall–Kier alpha value is -1.18. The molecule has 0 aliphatic heterocycles.